The van der Waals surface area contributed by atoms with Crippen LogP contribution in [0.5, 0.6) is 0 Å². The summed E-state index contributed by atoms with van der Waals surface area (Å²) in [6, 6.07) is 4.21. The lowest BCUT2D eigenvalue weighted by Crippen LogP contribution is -2.25. The number of nitrogens with zero attached hydrogens (tertiary/aromatic N) is 1. The molecule has 96 valence electrons. The predicted molar refractivity (Wildman–Crippen MR) is 71.5 cm³/mol. The SMILES string of the molecule is O=C1CCCCCC1C1CCCc2cccnc21. The smallest absolute Gasteiger partial charge is 0.136 e. The molecule has 0 N–H and O–H groups in total. The van der Waals surface area contributed by atoms with Gasteiger partial charge in [-0.3, -0.25) is 9.78 Å². The molecule has 1 heterocycles. The van der Waals surface area contributed by atoms with Gasteiger partial charge in [-0.2, -0.15) is 0 Å². The lowest BCUT2D eigenvalue weighted by Gasteiger charge is -2.30. The molecule has 0 saturated heterocycles. The molecule has 0 amide bonds. The third kappa shape index (κ3) is 2.21. The number of fused-ring (bicyclic) bond motifs is 1. The third-order valence-corrected chi connectivity index (χ3v) is 4.58. The van der Waals surface area contributed by atoms with E-state index in [2.05, 4.69) is 11.1 Å². The van der Waals surface area contributed by atoms with Crippen LogP contribution in [-0.2, 0) is 11.2 Å². The van der Waals surface area contributed by atoms with E-state index in [0.717, 1.165) is 32.1 Å². The average Bonchev–Trinajstić information content (AvgIpc) is 2.63. The molecule has 0 spiro atoms. The number of ketones is 1. The van der Waals surface area contributed by atoms with Crippen LogP contribution in [0.1, 0.15) is 62.1 Å². The van der Waals surface area contributed by atoms with Gasteiger partial charge in [-0.1, -0.05) is 18.9 Å². The van der Waals surface area contributed by atoms with Crippen LogP contribution >= 0.6 is 0 Å². The highest BCUT2D eigenvalue weighted by Crippen LogP contribution is 2.39. The number of carbonyl (C=O) groups is 1. The fourth-order valence-corrected chi connectivity index (χ4v) is 3.65. The van der Waals surface area contributed by atoms with Gasteiger partial charge in [0.2, 0.25) is 0 Å². The van der Waals surface area contributed by atoms with Crippen molar-refractivity contribution in [1.82, 2.24) is 4.98 Å². The van der Waals surface area contributed by atoms with Gasteiger partial charge in [0.25, 0.3) is 0 Å². The van der Waals surface area contributed by atoms with Gasteiger partial charge in [-0.25, -0.2) is 0 Å². The molecule has 2 nitrogen and oxygen atoms in total. The minimum absolute atomic E-state index is 0.251. The highest BCUT2D eigenvalue weighted by molar-refractivity contribution is 5.82. The van der Waals surface area contributed by atoms with Gasteiger partial charge in [0.05, 0.1) is 0 Å². The molecule has 18 heavy (non-hydrogen) atoms. The normalized spacial score (nSPS) is 28.6. The van der Waals surface area contributed by atoms with Crippen LogP contribution in [0.3, 0.4) is 0 Å². The Morgan fingerprint density at radius 1 is 1.00 bits per heavy atom. The first kappa shape index (κ1) is 11.9. The van der Waals surface area contributed by atoms with Gasteiger partial charge in [0.1, 0.15) is 5.78 Å². The third-order valence-electron chi connectivity index (χ3n) is 4.58. The molecule has 3 rings (SSSR count). The van der Waals surface area contributed by atoms with Gasteiger partial charge >= 0.3 is 0 Å². The Balaban J connectivity index is 1.90. The Morgan fingerprint density at radius 2 is 1.89 bits per heavy atom. The highest BCUT2D eigenvalue weighted by atomic mass is 16.1. The first-order valence-corrected chi connectivity index (χ1v) is 7.33. The molecule has 0 radical (unpaired) electrons. The van der Waals surface area contributed by atoms with E-state index in [1.165, 1.54) is 30.5 Å². The van der Waals surface area contributed by atoms with E-state index in [-0.39, 0.29) is 5.92 Å². The first-order valence-electron chi connectivity index (χ1n) is 7.33. The minimum Gasteiger partial charge on any atom is -0.299 e. The molecule has 0 bridgehead atoms. The van der Waals surface area contributed by atoms with Crippen LogP contribution in [0.4, 0.5) is 0 Å². The Kier molecular flexibility index (Phi) is 3.44. The number of hydrogen-bond donors (Lipinski definition) is 0. The van der Waals surface area contributed by atoms with Crippen molar-refractivity contribution in [3.05, 3.63) is 29.6 Å². The molecule has 2 aliphatic rings. The van der Waals surface area contributed by atoms with E-state index < -0.39 is 0 Å². The van der Waals surface area contributed by atoms with E-state index in [0.29, 0.717) is 11.7 Å². The maximum Gasteiger partial charge on any atom is 0.136 e. The molecule has 1 aromatic rings. The number of pyridine rings is 1. The van der Waals surface area contributed by atoms with Gasteiger partial charge in [-0.05, 0) is 43.7 Å². The maximum atomic E-state index is 12.3. The van der Waals surface area contributed by atoms with Crippen molar-refractivity contribution in [3.8, 4) is 0 Å². The van der Waals surface area contributed by atoms with Crippen molar-refractivity contribution in [2.24, 2.45) is 5.92 Å². The number of rotatable bonds is 1. The first-order chi connectivity index (χ1) is 8.86. The van der Waals surface area contributed by atoms with Crippen LogP contribution in [0.2, 0.25) is 0 Å². The predicted octanol–water partition coefficient (Wildman–Crippen LogP) is 3.65. The maximum absolute atomic E-state index is 12.3. The van der Waals surface area contributed by atoms with Crippen molar-refractivity contribution < 1.29 is 4.79 Å². The van der Waals surface area contributed by atoms with Crippen LogP contribution in [0, 0.1) is 5.92 Å². The van der Waals surface area contributed by atoms with Crippen molar-refractivity contribution in [3.63, 3.8) is 0 Å². The summed E-state index contributed by atoms with van der Waals surface area (Å²) in [7, 11) is 0. The molecule has 0 aliphatic heterocycles. The Hall–Kier alpha value is -1.18. The Morgan fingerprint density at radius 3 is 2.83 bits per heavy atom. The summed E-state index contributed by atoms with van der Waals surface area (Å²) in [4.78, 5) is 16.9. The second-order valence-corrected chi connectivity index (χ2v) is 5.72. The largest absolute Gasteiger partial charge is 0.299 e. The second kappa shape index (κ2) is 5.21. The lowest BCUT2D eigenvalue weighted by atomic mass is 9.75. The van der Waals surface area contributed by atoms with Gasteiger partial charge in [0.15, 0.2) is 0 Å². The fraction of sp³-hybridized carbons (Fsp3) is 0.625. The molecule has 0 aromatic carbocycles. The molecule has 2 heteroatoms. The molecule has 1 saturated carbocycles. The summed E-state index contributed by atoms with van der Waals surface area (Å²) in [6.07, 6.45) is 10.8. The van der Waals surface area contributed by atoms with Gasteiger partial charge in [-0.15, -0.1) is 0 Å². The second-order valence-electron chi connectivity index (χ2n) is 5.72. The van der Waals surface area contributed by atoms with E-state index >= 15 is 0 Å². The zero-order chi connectivity index (χ0) is 12.4. The van der Waals surface area contributed by atoms with Gasteiger partial charge < -0.3 is 0 Å². The zero-order valence-corrected chi connectivity index (χ0v) is 10.9. The number of aryl methyl sites for hydroxylation is 1. The summed E-state index contributed by atoms with van der Waals surface area (Å²) in [5.41, 5.74) is 2.61. The molecule has 1 aromatic heterocycles. The van der Waals surface area contributed by atoms with E-state index in [4.69, 9.17) is 0 Å². The van der Waals surface area contributed by atoms with E-state index in [1.807, 2.05) is 12.3 Å². The van der Waals surface area contributed by atoms with Crippen molar-refractivity contribution in [1.29, 1.82) is 0 Å². The van der Waals surface area contributed by atoms with Crippen molar-refractivity contribution >= 4 is 5.78 Å². The van der Waals surface area contributed by atoms with Crippen LogP contribution in [-0.4, -0.2) is 10.8 Å². The van der Waals surface area contributed by atoms with Crippen LogP contribution in [0.15, 0.2) is 18.3 Å². The van der Waals surface area contributed by atoms with Gasteiger partial charge in [0, 0.05) is 30.1 Å². The number of aromatic nitrogens is 1. The Bertz CT molecular complexity index is 440. The average molecular weight is 243 g/mol. The molecular weight excluding hydrogens is 222 g/mol. The number of carbonyl (C=O) groups excluding carboxylic acids is 1. The van der Waals surface area contributed by atoms with Crippen LogP contribution in [0.25, 0.3) is 0 Å². The monoisotopic (exact) mass is 243 g/mol. The van der Waals surface area contributed by atoms with E-state index in [9.17, 15) is 4.79 Å². The zero-order valence-electron chi connectivity index (χ0n) is 10.9. The summed E-state index contributed by atoms with van der Waals surface area (Å²) in [6.45, 7) is 0. The molecule has 2 atom stereocenters. The molecular formula is C16H21NO. The van der Waals surface area contributed by atoms with Crippen molar-refractivity contribution in [2.45, 2.75) is 57.3 Å². The summed E-state index contributed by atoms with van der Waals surface area (Å²) in [5.74, 6) is 1.15. The topological polar surface area (TPSA) is 30.0 Å². The van der Waals surface area contributed by atoms with Crippen molar-refractivity contribution in [2.75, 3.05) is 0 Å². The number of Topliss-reactive ketones (excluding diaryl/α,β-unsaturated/α-hetero) is 1. The number of hydrogen-bond acceptors (Lipinski definition) is 2. The lowest BCUT2D eigenvalue weighted by molar-refractivity contribution is -0.123. The minimum atomic E-state index is 0.251. The molecule has 2 aliphatic carbocycles. The standard InChI is InChI=1S/C16H21NO/c18-15-10-3-1-2-8-13(15)14-9-4-6-12-7-5-11-17-16(12)14/h5,7,11,13-14H,1-4,6,8-10H2. The molecule has 1 fully saturated rings. The quantitative estimate of drug-likeness (QED) is 0.705. The highest BCUT2D eigenvalue weighted by Gasteiger charge is 2.33. The summed E-state index contributed by atoms with van der Waals surface area (Å²) >= 11 is 0. The summed E-state index contributed by atoms with van der Waals surface area (Å²) in [5, 5.41) is 0. The van der Waals surface area contributed by atoms with Crippen LogP contribution < -0.4 is 0 Å². The van der Waals surface area contributed by atoms with E-state index in [1.54, 1.807) is 0 Å². The Labute approximate surface area is 109 Å². The fourth-order valence-electron chi connectivity index (χ4n) is 3.65. The summed E-state index contributed by atoms with van der Waals surface area (Å²) < 4.78 is 0. The molecule has 2 unspecified atom stereocenters.